The number of nitrogens with zero attached hydrogens (tertiary/aromatic N) is 2. The summed E-state index contributed by atoms with van der Waals surface area (Å²) in [6.45, 7) is 4.88. The van der Waals surface area contributed by atoms with Crippen LogP contribution in [0.15, 0.2) is 0 Å². The van der Waals surface area contributed by atoms with Gasteiger partial charge in [0.25, 0.3) is 0 Å². The van der Waals surface area contributed by atoms with Crippen molar-refractivity contribution in [2.75, 3.05) is 26.7 Å². The molecule has 0 spiro atoms. The van der Waals surface area contributed by atoms with Gasteiger partial charge in [-0.25, -0.2) is 0 Å². The highest BCUT2D eigenvalue weighted by atomic mass is 16.2. The lowest BCUT2D eigenvalue weighted by atomic mass is 9.87. The van der Waals surface area contributed by atoms with Gasteiger partial charge in [0.15, 0.2) is 0 Å². The molecule has 2 aliphatic heterocycles. The molecule has 0 aliphatic carbocycles. The second-order valence-corrected chi connectivity index (χ2v) is 5.49. The molecule has 2 heterocycles. The number of likely N-dealkylation sites (tertiary alicyclic amines) is 2. The van der Waals surface area contributed by atoms with Crippen LogP contribution in [0, 0.1) is 5.92 Å². The lowest BCUT2D eigenvalue weighted by Gasteiger charge is -2.41. The van der Waals surface area contributed by atoms with Crippen LogP contribution in [-0.2, 0) is 4.79 Å². The molecule has 1 amide bonds. The number of likely N-dealkylation sites (N-methyl/N-ethyl adjacent to an activating group) is 1. The molecule has 4 heteroatoms. The predicted molar refractivity (Wildman–Crippen MR) is 68.6 cm³/mol. The highest BCUT2D eigenvalue weighted by molar-refractivity contribution is 5.83. The minimum Gasteiger partial charge on any atom is -0.344 e. The van der Waals surface area contributed by atoms with Crippen LogP contribution in [0.1, 0.15) is 32.6 Å². The standard InChI is InChI=1S/C13H25N3O/c1-3-10-4-7-16(11(8-10)9-14)12-5-6-15(2)13(12)17/h10-12H,3-9,14H2,1-2H3. The maximum atomic E-state index is 12.1. The molecular formula is C13H25N3O. The first kappa shape index (κ1) is 12.8. The largest absolute Gasteiger partial charge is 0.344 e. The summed E-state index contributed by atoms with van der Waals surface area (Å²) in [7, 11) is 1.90. The van der Waals surface area contributed by atoms with Gasteiger partial charge >= 0.3 is 0 Å². The Morgan fingerprint density at radius 3 is 2.65 bits per heavy atom. The van der Waals surface area contributed by atoms with E-state index in [0.29, 0.717) is 18.5 Å². The highest BCUT2D eigenvalue weighted by Crippen LogP contribution is 2.29. The van der Waals surface area contributed by atoms with E-state index in [2.05, 4.69) is 11.8 Å². The summed E-state index contributed by atoms with van der Waals surface area (Å²) < 4.78 is 0. The Morgan fingerprint density at radius 2 is 2.12 bits per heavy atom. The molecule has 0 bridgehead atoms. The monoisotopic (exact) mass is 239 g/mol. The predicted octanol–water partition coefficient (Wildman–Crippen LogP) is 0.666. The summed E-state index contributed by atoms with van der Waals surface area (Å²) >= 11 is 0. The van der Waals surface area contributed by atoms with Crippen LogP contribution < -0.4 is 5.73 Å². The van der Waals surface area contributed by atoms with E-state index in [1.54, 1.807) is 0 Å². The van der Waals surface area contributed by atoms with Gasteiger partial charge in [-0.15, -0.1) is 0 Å². The Balaban J connectivity index is 2.03. The van der Waals surface area contributed by atoms with Gasteiger partial charge in [0.1, 0.15) is 0 Å². The summed E-state index contributed by atoms with van der Waals surface area (Å²) in [5, 5.41) is 0. The quantitative estimate of drug-likeness (QED) is 0.787. The number of carbonyl (C=O) groups excluding carboxylic acids is 1. The average molecular weight is 239 g/mol. The molecule has 3 atom stereocenters. The molecule has 0 aromatic carbocycles. The first-order chi connectivity index (χ1) is 8.17. The first-order valence-electron chi connectivity index (χ1n) is 6.88. The van der Waals surface area contributed by atoms with Gasteiger partial charge in [0, 0.05) is 26.2 Å². The third kappa shape index (κ3) is 2.47. The third-order valence-electron chi connectivity index (χ3n) is 4.52. The van der Waals surface area contributed by atoms with Crippen LogP contribution in [0.5, 0.6) is 0 Å². The van der Waals surface area contributed by atoms with Crippen molar-refractivity contribution in [1.29, 1.82) is 0 Å². The molecule has 0 radical (unpaired) electrons. The van der Waals surface area contributed by atoms with Gasteiger partial charge < -0.3 is 10.6 Å². The number of amides is 1. The van der Waals surface area contributed by atoms with Crippen molar-refractivity contribution in [1.82, 2.24) is 9.80 Å². The molecule has 2 rings (SSSR count). The third-order valence-corrected chi connectivity index (χ3v) is 4.52. The van der Waals surface area contributed by atoms with Crippen molar-refractivity contribution >= 4 is 5.91 Å². The van der Waals surface area contributed by atoms with Gasteiger partial charge in [-0.05, 0) is 31.7 Å². The summed E-state index contributed by atoms with van der Waals surface area (Å²) in [6, 6.07) is 0.514. The molecule has 0 aromatic rings. The molecule has 2 aliphatic rings. The minimum absolute atomic E-state index is 0.103. The van der Waals surface area contributed by atoms with Crippen molar-refractivity contribution in [2.45, 2.75) is 44.7 Å². The minimum atomic E-state index is 0.103. The molecule has 4 nitrogen and oxygen atoms in total. The van der Waals surface area contributed by atoms with Gasteiger partial charge in [-0.1, -0.05) is 13.3 Å². The normalized spacial score (nSPS) is 35.6. The molecule has 0 saturated carbocycles. The first-order valence-corrected chi connectivity index (χ1v) is 6.88. The van der Waals surface area contributed by atoms with Crippen molar-refractivity contribution in [2.24, 2.45) is 11.7 Å². The van der Waals surface area contributed by atoms with E-state index in [1.165, 1.54) is 19.3 Å². The zero-order valence-corrected chi connectivity index (χ0v) is 11.1. The average Bonchev–Trinajstić information content (AvgIpc) is 2.69. The zero-order chi connectivity index (χ0) is 12.4. The molecule has 2 N–H and O–H groups in total. The van der Waals surface area contributed by atoms with Gasteiger partial charge in [0.05, 0.1) is 6.04 Å². The van der Waals surface area contributed by atoms with E-state index in [-0.39, 0.29) is 6.04 Å². The van der Waals surface area contributed by atoms with Gasteiger partial charge in [-0.3, -0.25) is 9.69 Å². The van der Waals surface area contributed by atoms with E-state index in [4.69, 9.17) is 5.73 Å². The van der Waals surface area contributed by atoms with E-state index in [9.17, 15) is 4.79 Å². The fourth-order valence-corrected chi connectivity index (χ4v) is 3.28. The Kier molecular flexibility index (Phi) is 4.05. The summed E-state index contributed by atoms with van der Waals surface area (Å²) in [5.41, 5.74) is 5.89. The number of piperidine rings is 1. The molecule has 17 heavy (non-hydrogen) atoms. The number of rotatable bonds is 3. The highest BCUT2D eigenvalue weighted by Gasteiger charge is 2.39. The number of hydrogen-bond donors (Lipinski definition) is 1. The molecule has 2 fully saturated rings. The van der Waals surface area contributed by atoms with E-state index < -0.39 is 0 Å². The maximum absolute atomic E-state index is 12.1. The van der Waals surface area contributed by atoms with Crippen LogP contribution in [0.3, 0.4) is 0 Å². The van der Waals surface area contributed by atoms with Gasteiger partial charge in [0.2, 0.25) is 5.91 Å². The second-order valence-electron chi connectivity index (χ2n) is 5.49. The number of carbonyl (C=O) groups is 1. The smallest absolute Gasteiger partial charge is 0.239 e. The summed E-state index contributed by atoms with van der Waals surface area (Å²) in [6.07, 6.45) is 4.60. The van der Waals surface area contributed by atoms with Crippen molar-refractivity contribution in [3.63, 3.8) is 0 Å². The fraction of sp³-hybridized carbons (Fsp3) is 0.923. The van der Waals surface area contributed by atoms with Crippen LogP contribution in [0.2, 0.25) is 0 Å². The van der Waals surface area contributed by atoms with Crippen molar-refractivity contribution < 1.29 is 4.79 Å². The summed E-state index contributed by atoms with van der Waals surface area (Å²) in [4.78, 5) is 16.3. The van der Waals surface area contributed by atoms with Crippen molar-refractivity contribution in [3.05, 3.63) is 0 Å². The fourth-order valence-electron chi connectivity index (χ4n) is 3.28. The van der Waals surface area contributed by atoms with Crippen LogP contribution in [0.25, 0.3) is 0 Å². The molecular weight excluding hydrogens is 214 g/mol. The zero-order valence-electron chi connectivity index (χ0n) is 11.1. The SMILES string of the molecule is CCC1CCN(C2CCN(C)C2=O)C(CN)C1. The molecule has 0 aromatic heterocycles. The Morgan fingerprint density at radius 1 is 1.35 bits per heavy atom. The molecule has 3 unspecified atom stereocenters. The van der Waals surface area contributed by atoms with Crippen LogP contribution >= 0.6 is 0 Å². The van der Waals surface area contributed by atoms with E-state index >= 15 is 0 Å². The lowest BCUT2D eigenvalue weighted by Crippen LogP contribution is -2.53. The van der Waals surface area contributed by atoms with Gasteiger partial charge in [-0.2, -0.15) is 0 Å². The van der Waals surface area contributed by atoms with Crippen molar-refractivity contribution in [3.8, 4) is 0 Å². The van der Waals surface area contributed by atoms with E-state index in [0.717, 1.165) is 25.4 Å². The molecule has 98 valence electrons. The Bertz CT molecular complexity index is 282. The Hall–Kier alpha value is -0.610. The van der Waals surface area contributed by atoms with Crippen LogP contribution in [0.4, 0.5) is 0 Å². The maximum Gasteiger partial charge on any atom is 0.239 e. The number of hydrogen-bond acceptors (Lipinski definition) is 3. The van der Waals surface area contributed by atoms with Crippen LogP contribution in [-0.4, -0.2) is 54.5 Å². The topological polar surface area (TPSA) is 49.6 Å². The second kappa shape index (κ2) is 5.36. The number of nitrogens with two attached hydrogens (primary N) is 1. The molecule has 2 saturated heterocycles. The summed E-state index contributed by atoms with van der Waals surface area (Å²) in [5.74, 6) is 1.09. The van der Waals surface area contributed by atoms with E-state index in [1.807, 2.05) is 11.9 Å². The lowest BCUT2D eigenvalue weighted by molar-refractivity contribution is -0.132. The Labute approximate surface area is 104 Å².